The van der Waals surface area contributed by atoms with Crippen molar-refractivity contribution in [2.24, 2.45) is 5.14 Å². The Morgan fingerprint density at radius 3 is 2.19 bits per heavy atom. The molecule has 8 heteroatoms. The maximum atomic E-state index is 12.2. The average Bonchev–Trinajstić information content (AvgIpc) is 2.67. The third-order valence-corrected chi connectivity index (χ3v) is 5.53. The molecule has 0 atom stereocenters. The van der Waals surface area contributed by atoms with Crippen LogP contribution in [0.5, 0.6) is 0 Å². The zero-order valence-electron chi connectivity index (χ0n) is 15.0. The van der Waals surface area contributed by atoms with Crippen LogP contribution >= 0.6 is 0 Å². The Kier molecular flexibility index (Phi) is 6.10. The molecule has 0 unspecified atom stereocenters. The number of nitrogens with two attached hydrogens (primary N) is 1. The van der Waals surface area contributed by atoms with Gasteiger partial charge in [-0.15, -0.1) is 0 Å². The van der Waals surface area contributed by atoms with Crippen LogP contribution in [-0.2, 0) is 21.4 Å². The second-order valence-corrected chi connectivity index (χ2v) is 8.13. The van der Waals surface area contributed by atoms with E-state index in [0.717, 1.165) is 31.7 Å². The van der Waals surface area contributed by atoms with Gasteiger partial charge in [-0.05, 0) is 29.8 Å². The maximum absolute atomic E-state index is 12.2. The molecule has 0 radical (unpaired) electrons. The van der Waals surface area contributed by atoms with Crippen LogP contribution in [0.15, 0.2) is 59.5 Å². The number of nitrogens with one attached hydrogen (secondary N) is 1. The molecule has 2 aromatic carbocycles. The number of sulfonamides is 1. The number of anilines is 1. The van der Waals surface area contributed by atoms with Crippen LogP contribution in [0, 0.1) is 0 Å². The van der Waals surface area contributed by atoms with Gasteiger partial charge in [-0.25, -0.2) is 13.6 Å². The summed E-state index contributed by atoms with van der Waals surface area (Å²) in [5.74, 6) is -0.0429. The van der Waals surface area contributed by atoms with E-state index in [-0.39, 0.29) is 10.8 Å². The van der Waals surface area contributed by atoms with Crippen LogP contribution in [0.1, 0.15) is 5.56 Å². The standard InChI is InChI=1S/C19H24N4O3S/c20-27(25,26)18-8-6-16(7-9-18)14-21-19(24)15-22-10-12-23(13-11-22)17-4-2-1-3-5-17/h1-9H,10-15H2,(H,21,24)(H2,20,25,26). The molecule has 1 aliphatic rings. The molecule has 0 aromatic heterocycles. The van der Waals surface area contributed by atoms with Crippen LogP contribution in [-0.4, -0.2) is 51.9 Å². The highest BCUT2D eigenvalue weighted by Crippen LogP contribution is 2.15. The summed E-state index contributed by atoms with van der Waals surface area (Å²) in [5.41, 5.74) is 2.04. The first-order valence-electron chi connectivity index (χ1n) is 8.82. The van der Waals surface area contributed by atoms with Crippen molar-refractivity contribution in [3.05, 3.63) is 60.2 Å². The van der Waals surface area contributed by atoms with Gasteiger partial charge in [-0.1, -0.05) is 30.3 Å². The van der Waals surface area contributed by atoms with E-state index in [1.165, 1.54) is 17.8 Å². The molecule has 0 saturated carbocycles. The molecule has 144 valence electrons. The molecule has 7 nitrogen and oxygen atoms in total. The van der Waals surface area contributed by atoms with Crippen LogP contribution < -0.4 is 15.4 Å². The fourth-order valence-corrected chi connectivity index (χ4v) is 3.58. The Morgan fingerprint density at radius 1 is 0.963 bits per heavy atom. The van der Waals surface area contributed by atoms with Crippen LogP contribution in [0.4, 0.5) is 5.69 Å². The zero-order chi connectivity index (χ0) is 19.3. The molecule has 0 aliphatic carbocycles. The summed E-state index contributed by atoms with van der Waals surface area (Å²) in [6.45, 7) is 4.18. The van der Waals surface area contributed by atoms with Gasteiger partial charge < -0.3 is 10.2 Å². The molecule has 1 heterocycles. The SMILES string of the molecule is NS(=O)(=O)c1ccc(CNC(=O)CN2CCN(c3ccccc3)CC2)cc1. The van der Waals surface area contributed by atoms with E-state index in [1.807, 2.05) is 18.2 Å². The number of carbonyl (C=O) groups is 1. The average molecular weight is 388 g/mol. The third-order valence-electron chi connectivity index (χ3n) is 4.60. The lowest BCUT2D eigenvalue weighted by atomic mass is 10.2. The molecule has 1 amide bonds. The number of para-hydroxylation sites is 1. The molecular weight excluding hydrogens is 364 g/mol. The zero-order valence-corrected chi connectivity index (χ0v) is 15.9. The predicted molar refractivity (Wildman–Crippen MR) is 105 cm³/mol. The number of amides is 1. The Labute approximate surface area is 159 Å². The van der Waals surface area contributed by atoms with E-state index in [1.54, 1.807) is 12.1 Å². The van der Waals surface area contributed by atoms with Gasteiger partial charge in [-0.3, -0.25) is 9.69 Å². The molecule has 3 rings (SSSR count). The minimum absolute atomic E-state index is 0.0429. The first-order chi connectivity index (χ1) is 12.9. The van der Waals surface area contributed by atoms with Gasteiger partial charge in [-0.2, -0.15) is 0 Å². The van der Waals surface area contributed by atoms with Crippen LogP contribution in [0.3, 0.4) is 0 Å². The van der Waals surface area contributed by atoms with Crippen molar-refractivity contribution >= 4 is 21.6 Å². The summed E-state index contributed by atoms with van der Waals surface area (Å²) in [5, 5.41) is 7.95. The van der Waals surface area contributed by atoms with Crippen molar-refractivity contribution < 1.29 is 13.2 Å². The van der Waals surface area contributed by atoms with Gasteiger partial charge in [0.1, 0.15) is 0 Å². The molecule has 2 aromatic rings. The van der Waals surface area contributed by atoms with Gasteiger partial charge in [0.2, 0.25) is 15.9 Å². The molecule has 0 spiro atoms. The molecule has 1 aliphatic heterocycles. The normalized spacial score (nSPS) is 15.5. The first kappa shape index (κ1) is 19.3. The summed E-state index contributed by atoms with van der Waals surface area (Å²) in [6.07, 6.45) is 0. The van der Waals surface area contributed by atoms with Crippen molar-refractivity contribution in [1.82, 2.24) is 10.2 Å². The Morgan fingerprint density at radius 2 is 1.59 bits per heavy atom. The van der Waals surface area contributed by atoms with E-state index in [9.17, 15) is 13.2 Å². The van der Waals surface area contributed by atoms with E-state index >= 15 is 0 Å². The molecule has 1 saturated heterocycles. The number of hydrogen-bond donors (Lipinski definition) is 2. The van der Waals surface area contributed by atoms with Crippen molar-refractivity contribution in [1.29, 1.82) is 0 Å². The lowest BCUT2D eigenvalue weighted by Crippen LogP contribution is -2.49. The smallest absolute Gasteiger partial charge is 0.238 e. The summed E-state index contributed by atoms with van der Waals surface area (Å²) < 4.78 is 22.5. The summed E-state index contributed by atoms with van der Waals surface area (Å²) >= 11 is 0. The number of benzene rings is 2. The molecule has 27 heavy (non-hydrogen) atoms. The molecule has 1 fully saturated rings. The lowest BCUT2D eigenvalue weighted by molar-refractivity contribution is -0.122. The Balaban J connectivity index is 1.42. The predicted octanol–water partition coefficient (Wildman–Crippen LogP) is 0.772. The number of piperazine rings is 1. The molecular formula is C19H24N4O3S. The number of rotatable bonds is 6. The highest BCUT2D eigenvalue weighted by Gasteiger charge is 2.19. The molecule has 3 N–H and O–H groups in total. The van der Waals surface area contributed by atoms with Crippen molar-refractivity contribution in [3.8, 4) is 0 Å². The summed E-state index contributed by atoms with van der Waals surface area (Å²) in [6, 6.07) is 16.5. The van der Waals surface area contributed by atoms with Gasteiger partial charge in [0.25, 0.3) is 0 Å². The highest BCUT2D eigenvalue weighted by atomic mass is 32.2. The summed E-state index contributed by atoms with van der Waals surface area (Å²) in [7, 11) is -3.69. The number of nitrogens with zero attached hydrogens (tertiary/aromatic N) is 2. The van der Waals surface area contributed by atoms with Gasteiger partial charge in [0.15, 0.2) is 0 Å². The Hall–Kier alpha value is -2.42. The minimum Gasteiger partial charge on any atom is -0.369 e. The van der Waals surface area contributed by atoms with Crippen LogP contribution in [0.25, 0.3) is 0 Å². The van der Waals surface area contributed by atoms with Crippen LogP contribution in [0.2, 0.25) is 0 Å². The number of carbonyl (C=O) groups excluding carboxylic acids is 1. The second kappa shape index (κ2) is 8.51. The quantitative estimate of drug-likeness (QED) is 0.762. The van der Waals surface area contributed by atoms with Gasteiger partial charge >= 0.3 is 0 Å². The van der Waals surface area contributed by atoms with Crippen molar-refractivity contribution in [2.45, 2.75) is 11.4 Å². The highest BCUT2D eigenvalue weighted by molar-refractivity contribution is 7.89. The van der Waals surface area contributed by atoms with Crippen molar-refractivity contribution in [2.75, 3.05) is 37.6 Å². The third kappa shape index (κ3) is 5.53. The Bertz CT molecular complexity index is 862. The van der Waals surface area contributed by atoms with E-state index in [4.69, 9.17) is 5.14 Å². The molecule has 0 bridgehead atoms. The van der Waals surface area contributed by atoms with E-state index < -0.39 is 10.0 Å². The van der Waals surface area contributed by atoms with E-state index in [2.05, 4.69) is 27.2 Å². The fraction of sp³-hybridized carbons (Fsp3) is 0.316. The van der Waals surface area contributed by atoms with E-state index in [0.29, 0.717) is 13.1 Å². The fourth-order valence-electron chi connectivity index (χ4n) is 3.06. The number of primary sulfonamides is 1. The maximum Gasteiger partial charge on any atom is 0.238 e. The first-order valence-corrected chi connectivity index (χ1v) is 10.4. The minimum atomic E-state index is -3.69. The summed E-state index contributed by atoms with van der Waals surface area (Å²) in [4.78, 5) is 16.7. The second-order valence-electron chi connectivity index (χ2n) is 6.56. The van der Waals surface area contributed by atoms with Crippen molar-refractivity contribution in [3.63, 3.8) is 0 Å². The monoisotopic (exact) mass is 388 g/mol. The largest absolute Gasteiger partial charge is 0.369 e. The lowest BCUT2D eigenvalue weighted by Gasteiger charge is -2.35. The van der Waals surface area contributed by atoms with Gasteiger partial charge in [0, 0.05) is 38.4 Å². The topological polar surface area (TPSA) is 95.7 Å². The van der Waals surface area contributed by atoms with Gasteiger partial charge in [0.05, 0.1) is 11.4 Å². The number of hydrogen-bond acceptors (Lipinski definition) is 5.